The van der Waals surface area contributed by atoms with Gasteiger partial charge in [-0.3, -0.25) is 14.3 Å². The number of pyridine rings is 1. The van der Waals surface area contributed by atoms with Crippen molar-refractivity contribution in [1.82, 2.24) is 14.8 Å². The lowest BCUT2D eigenvalue weighted by Gasteiger charge is -2.11. The number of nitrogens with two attached hydrogens (primary N) is 1. The highest BCUT2D eigenvalue weighted by Gasteiger charge is 2.25. The predicted octanol–water partition coefficient (Wildman–Crippen LogP) is 4.91. The van der Waals surface area contributed by atoms with Crippen molar-refractivity contribution in [2.75, 3.05) is 5.32 Å². The van der Waals surface area contributed by atoms with Crippen molar-refractivity contribution in [3.63, 3.8) is 0 Å². The number of primary amides is 1. The summed E-state index contributed by atoms with van der Waals surface area (Å²) in [5, 5.41) is 7.23. The Morgan fingerprint density at radius 2 is 2.00 bits per heavy atom. The molecule has 0 spiro atoms. The second kappa shape index (κ2) is 8.75. The van der Waals surface area contributed by atoms with Crippen LogP contribution in [0.3, 0.4) is 0 Å². The number of nitrogens with zero attached hydrogens (tertiary/aromatic N) is 3. The van der Waals surface area contributed by atoms with Crippen LogP contribution in [0.15, 0.2) is 47.1 Å². The van der Waals surface area contributed by atoms with Gasteiger partial charge in [-0.15, -0.1) is 11.3 Å². The minimum absolute atomic E-state index is 0.0304. The molecule has 4 rings (SSSR count). The number of benzene rings is 1. The van der Waals surface area contributed by atoms with Crippen LogP contribution in [-0.2, 0) is 11.3 Å². The molecule has 0 bridgehead atoms. The fourth-order valence-electron chi connectivity index (χ4n) is 3.27. The van der Waals surface area contributed by atoms with Gasteiger partial charge in [0.25, 0.3) is 12.3 Å². The number of carbonyl (C=O) groups excluding carboxylic acids is 2. The number of hydrogen-bond acceptors (Lipinski definition) is 5. The Balaban J connectivity index is 1.87. The highest BCUT2D eigenvalue weighted by atomic mass is 79.9. The molecule has 0 saturated heterocycles. The van der Waals surface area contributed by atoms with Crippen molar-refractivity contribution < 1.29 is 18.4 Å². The highest BCUT2D eigenvalue weighted by Crippen LogP contribution is 2.42. The molecular formula is C21H16BrF2N5O2S. The molecule has 7 nitrogen and oxygen atoms in total. The average molecular weight is 520 g/mol. The van der Waals surface area contributed by atoms with Crippen molar-refractivity contribution >= 4 is 55.0 Å². The van der Waals surface area contributed by atoms with Crippen LogP contribution in [0.2, 0.25) is 0 Å². The minimum atomic E-state index is -2.81. The number of halogens is 3. The molecule has 164 valence electrons. The van der Waals surface area contributed by atoms with Gasteiger partial charge in [0.15, 0.2) is 0 Å². The van der Waals surface area contributed by atoms with E-state index in [9.17, 15) is 18.4 Å². The van der Waals surface area contributed by atoms with Crippen molar-refractivity contribution in [3.05, 3.63) is 63.3 Å². The molecule has 0 fully saturated rings. The quantitative estimate of drug-likeness (QED) is 0.377. The summed E-state index contributed by atoms with van der Waals surface area (Å²) in [7, 11) is 0. The number of fused-ring (bicyclic) bond motifs is 1. The maximum absolute atomic E-state index is 13.5. The number of thiophene rings is 1. The van der Waals surface area contributed by atoms with Crippen molar-refractivity contribution in [3.8, 4) is 11.1 Å². The molecule has 0 aliphatic heterocycles. The third kappa shape index (κ3) is 4.13. The van der Waals surface area contributed by atoms with E-state index in [1.54, 1.807) is 43.5 Å². The summed E-state index contributed by atoms with van der Waals surface area (Å²) in [6.45, 7) is 1.68. The van der Waals surface area contributed by atoms with E-state index in [2.05, 4.69) is 31.3 Å². The Kier molecular flexibility index (Phi) is 6.02. The number of aromatic nitrogens is 3. The standard InChI is InChI=1S/C21H16BrF2N5O2S/c1-10-13(22)8-26-29(10)9-15(30)28-17-16-12(11-5-3-2-4-6-11)7-14(19(23)24)27-21(16)32-18(17)20(25)31/h2-8,19H,9H2,1H3,(H2,25,31)(H,28,30). The summed E-state index contributed by atoms with van der Waals surface area (Å²) in [6.07, 6.45) is -1.24. The molecule has 3 aromatic heterocycles. The summed E-state index contributed by atoms with van der Waals surface area (Å²) >= 11 is 4.20. The summed E-state index contributed by atoms with van der Waals surface area (Å²) in [6, 6.07) is 10.1. The third-order valence-electron chi connectivity index (χ3n) is 4.82. The molecule has 3 N–H and O–H groups in total. The van der Waals surface area contributed by atoms with Gasteiger partial charge in [-0.05, 0) is 40.0 Å². The monoisotopic (exact) mass is 519 g/mol. The smallest absolute Gasteiger partial charge is 0.280 e. The van der Waals surface area contributed by atoms with Crippen LogP contribution in [0.25, 0.3) is 21.3 Å². The summed E-state index contributed by atoms with van der Waals surface area (Å²) < 4.78 is 29.3. The normalized spacial score (nSPS) is 11.3. The van der Waals surface area contributed by atoms with E-state index in [0.29, 0.717) is 16.5 Å². The van der Waals surface area contributed by atoms with Gasteiger partial charge < -0.3 is 11.1 Å². The zero-order valence-electron chi connectivity index (χ0n) is 16.6. The lowest BCUT2D eigenvalue weighted by atomic mass is 10.0. The number of rotatable bonds is 6. The molecule has 0 atom stereocenters. The number of carbonyl (C=O) groups is 2. The van der Waals surface area contributed by atoms with Gasteiger partial charge in [0.05, 0.1) is 22.1 Å². The maximum atomic E-state index is 13.5. The summed E-state index contributed by atoms with van der Waals surface area (Å²) in [4.78, 5) is 29.2. The Morgan fingerprint density at radius 3 is 2.59 bits per heavy atom. The van der Waals surface area contributed by atoms with Crippen molar-refractivity contribution in [1.29, 1.82) is 0 Å². The topological polar surface area (TPSA) is 103 Å². The zero-order valence-corrected chi connectivity index (χ0v) is 19.0. The molecule has 3 heterocycles. The number of hydrogen-bond donors (Lipinski definition) is 2. The maximum Gasteiger partial charge on any atom is 0.280 e. The van der Waals surface area contributed by atoms with Gasteiger partial charge in [-0.1, -0.05) is 30.3 Å². The number of nitrogens with one attached hydrogen (secondary N) is 1. The summed E-state index contributed by atoms with van der Waals surface area (Å²) in [5.41, 5.74) is 7.07. The zero-order chi connectivity index (χ0) is 23.0. The second-order valence-corrected chi connectivity index (χ2v) is 8.75. The third-order valence-corrected chi connectivity index (χ3v) is 6.69. The van der Waals surface area contributed by atoms with Crippen LogP contribution in [0.5, 0.6) is 0 Å². The molecule has 1 aromatic carbocycles. The van der Waals surface area contributed by atoms with Crippen LogP contribution in [-0.4, -0.2) is 26.6 Å². The summed E-state index contributed by atoms with van der Waals surface area (Å²) in [5.74, 6) is -1.25. The highest BCUT2D eigenvalue weighted by molar-refractivity contribution is 9.10. The molecule has 0 aliphatic rings. The first-order chi connectivity index (χ1) is 15.3. The van der Waals surface area contributed by atoms with Crippen LogP contribution < -0.4 is 11.1 Å². The molecule has 0 aliphatic carbocycles. The van der Waals surface area contributed by atoms with Crippen LogP contribution in [0, 0.1) is 6.92 Å². The Hall–Kier alpha value is -3.18. The Bertz CT molecular complexity index is 1340. The molecule has 2 amide bonds. The predicted molar refractivity (Wildman–Crippen MR) is 122 cm³/mol. The van der Waals surface area contributed by atoms with Crippen molar-refractivity contribution in [2.24, 2.45) is 5.73 Å². The van der Waals surface area contributed by atoms with E-state index in [0.717, 1.165) is 21.5 Å². The van der Waals surface area contributed by atoms with Gasteiger partial charge in [-0.25, -0.2) is 13.8 Å². The average Bonchev–Trinajstić information content (AvgIpc) is 3.28. The first-order valence-corrected chi connectivity index (χ1v) is 11.0. The number of alkyl halides is 2. The van der Waals surface area contributed by atoms with Gasteiger partial charge in [0.1, 0.15) is 21.9 Å². The molecule has 0 unspecified atom stereocenters. The van der Waals surface area contributed by atoms with Gasteiger partial charge >= 0.3 is 0 Å². The molecule has 11 heteroatoms. The number of anilines is 1. The molecular weight excluding hydrogens is 504 g/mol. The Morgan fingerprint density at radius 1 is 1.28 bits per heavy atom. The van der Waals surface area contributed by atoms with Crippen LogP contribution in [0.1, 0.15) is 27.5 Å². The lowest BCUT2D eigenvalue weighted by molar-refractivity contribution is -0.116. The van der Waals surface area contributed by atoms with Crippen LogP contribution in [0.4, 0.5) is 14.5 Å². The van der Waals surface area contributed by atoms with E-state index in [4.69, 9.17) is 5.73 Å². The molecule has 4 aromatic rings. The van der Waals surface area contributed by atoms with E-state index >= 15 is 0 Å². The fourth-order valence-corrected chi connectivity index (χ4v) is 4.58. The first kappa shape index (κ1) is 22.0. The van der Waals surface area contributed by atoms with Crippen LogP contribution >= 0.6 is 27.3 Å². The number of amides is 2. The van der Waals surface area contributed by atoms with E-state index in [-0.39, 0.29) is 21.9 Å². The molecule has 0 saturated carbocycles. The van der Waals surface area contributed by atoms with E-state index < -0.39 is 23.9 Å². The molecule has 32 heavy (non-hydrogen) atoms. The second-order valence-electron chi connectivity index (χ2n) is 6.90. The van der Waals surface area contributed by atoms with Gasteiger partial charge in [0.2, 0.25) is 5.91 Å². The first-order valence-electron chi connectivity index (χ1n) is 9.34. The van der Waals surface area contributed by atoms with Crippen molar-refractivity contribution in [2.45, 2.75) is 19.9 Å². The van der Waals surface area contributed by atoms with Gasteiger partial charge in [-0.2, -0.15) is 5.10 Å². The Labute approximate surface area is 193 Å². The largest absolute Gasteiger partial charge is 0.365 e. The lowest BCUT2D eigenvalue weighted by Crippen LogP contribution is -2.22. The molecule has 0 radical (unpaired) electrons. The van der Waals surface area contributed by atoms with E-state index in [1.807, 2.05) is 0 Å². The van der Waals surface area contributed by atoms with Gasteiger partial charge in [0, 0.05) is 5.39 Å². The minimum Gasteiger partial charge on any atom is -0.365 e. The fraction of sp³-hybridized carbons (Fsp3) is 0.143. The van der Waals surface area contributed by atoms with E-state index in [1.165, 1.54) is 10.7 Å². The SMILES string of the molecule is Cc1c(Br)cnn1CC(=O)Nc1c(C(N)=O)sc2nc(C(F)F)cc(-c3ccccc3)c12.